The van der Waals surface area contributed by atoms with Gasteiger partial charge in [-0.3, -0.25) is 9.88 Å². The Morgan fingerprint density at radius 3 is 2.62 bits per heavy atom. The molecule has 2 aliphatic heterocycles. The second-order valence-electron chi connectivity index (χ2n) is 8.37. The molecule has 1 aromatic carbocycles. The zero-order chi connectivity index (χ0) is 20.8. The van der Waals surface area contributed by atoms with E-state index in [1.165, 1.54) is 4.90 Å². The van der Waals surface area contributed by atoms with Gasteiger partial charge in [-0.1, -0.05) is 24.3 Å². The van der Waals surface area contributed by atoms with Crippen LogP contribution >= 0.6 is 0 Å². The molecule has 0 N–H and O–H groups in total. The second-order valence-corrected chi connectivity index (χ2v) is 8.37. The number of hydrogen-bond donors (Lipinski definition) is 0. The first-order valence-electron chi connectivity index (χ1n) is 9.58. The Bertz CT molecular complexity index is 998. The molecule has 2 aliphatic rings. The number of amides is 3. The summed E-state index contributed by atoms with van der Waals surface area (Å²) in [5, 5.41) is 11.5. The Balaban J connectivity index is 1.52. The van der Waals surface area contributed by atoms with E-state index < -0.39 is 11.6 Å². The van der Waals surface area contributed by atoms with Crippen LogP contribution in [0.5, 0.6) is 0 Å². The maximum Gasteiger partial charge on any atom is 0.410 e. The van der Waals surface area contributed by atoms with Gasteiger partial charge in [-0.15, -0.1) is 0 Å². The molecule has 3 heterocycles. The minimum Gasteiger partial charge on any atom is -0.444 e. The summed E-state index contributed by atoms with van der Waals surface area (Å²) < 4.78 is 5.37. The van der Waals surface area contributed by atoms with Crippen LogP contribution in [0.1, 0.15) is 20.8 Å². The highest BCUT2D eigenvalue weighted by molar-refractivity contribution is 6.04. The molecule has 2 aromatic rings. The molecule has 1 aromatic heterocycles. The third-order valence-electron chi connectivity index (χ3n) is 5.14. The van der Waals surface area contributed by atoms with Crippen molar-refractivity contribution >= 4 is 28.6 Å². The van der Waals surface area contributed by atoms with Crippen molar-refractivity contribution in [1.82, 2.24) is 14.8 Å². The molecule has 4 rings (SSSR count). The van der Waals surface area contributed by atoms with Crippen molar-refractivity contribution in [3.05, 3.63) is 36.7 Å². The lowest BCUT2D eigenvalue weighted by molar-refractivity contribution is -0.00621. The number of carbonyl (C=O) groups is 2. The van der Waals surface area contributed by atoms with Gasteiger partial charge in [-0.2, -0.15) is 5.26 Å². The van der Waals surface area contributed by atoms with Gasteiger partial charge in [-0.05, 0) is 20.8 Å². The SMILES string of the molecule is CC(C)(C)OC(=O)N1CC(N2CC(C#N)N(c3cncc4ccccc34)C2=O)C1. The van der Waals surface area contributed by atoms with Crippen LogP contribution in [-0.4, -0.2) is 64.2 Å². The fourth-order valence-corrected chi connectivity index (χ4v) is 3.71. The highest BCUT2D eigenvalue weighted by Crippen LogP contribution is 2.33. The van der Waals surface area contributed by atoms with Gasteiger partial charge in [0.1, 0.15) is 11.6 Å². The van der Waals surface area contributed by atoms with Crippen LogP contribution in [0.2, 0.25) is 0 Å². The number of pyridine rings is 1. The van der Waals surface area contributed by atoms with E-state index in [2.05, 4.69) is 11.1 Å². The lowest BCUT2D eigenvalue weighted by Crippen LogP contribution is -2.62. The van der Waals surface area contributed by atoms with Crippen LogP contribution in [0.25, 0.3) is 10.8 Å². The normalized spacial score (nSPS) is 20.0. The van der Waals surface area contributed by atoms with Crippen molar-refractivity contribution in [2.24, 2.45) is 0 Å². The number of aromatic nitrogens is 1. The number of nitriles is 1. The van der Waals surface area contributed by atoms with Crippen molar-refractivity contribution in [1.29, 1.82) is 5.26 Å². The van der Waals surface area contributed by atoms with Gasteiger partial charge in [0.05, 0.1) is 30.5 Å². The fourth-order valence-electron chi connectivity index (χ4n) is 3.71. The summed E-state index contributed by atoms with van der Waals surface area (Å²) in [6, 6.07) is 8.93. The number of nitrogens with zero attached hydrogens (tertiary/aromatic N) is 5. The molecule has 3 amide bonds. The number of urea groups is 1. The molecule has 0 radical (unpaired) electrons. The summed E-state index contributed by atoms with van der Waals surface area (Å²) in [7, 11) is 0. The topological polar surface area (TPSA) is 89.8 Å². The largest absolute Gasteiger partial charge is 0.444 e. The monoisotopic (exact) mass is 393 g/mol. The molecule has 0 aliphatic carbocycles. The number of hydrogen-bond acceptors (Lipinski definition) is 5. The van der Waals surface area contributed by atoms with Gasteiger partial charge in [0, 0.05) is 30.1 Å². The van der Waals surface area contributed by atoms with Crippen molar-refractivity contribution in [3.63, 3.8) is 0 Å². The average molecular weight is 393 g/mol. The van der Waals surface area contributed by atoms with E-state index in [0.717, 1.165) is 10.8 Å². The summed E-state index contributed by atoms with van der Waals surface area (Å²) in [4.78, 5) is 34.4. The van der Waals surface area contributed by atoms with E-state index in [4.69, 9.17) is 4.74 Å². The Morgan fingerprint density at radius 2 is 1.93 bits per heavy atom. The summed E-state index contributed by atoms with van der Waals surface area (Å²) in [6.07, 6.45) is 2.98. The van der Waals surface area contributed by atoms with Gasteiger partial charge in [0.25, 0.3) is 0 Å². The van der Waals surface area contributed by atoms with Crippen molar-refractivity contribution in [2.45, 2.75) is 38.5 Å². The molecule has 150 valence electrons. The summed E-state index contributed by atoms with van der Waals surface area (Å²) in [5.41, 5.74) is 0.0702. The van der Waals surface area contributed by atoms with Crippen LogP contribution in [0.4, 0.5) is 15.3 Å². The number of ether oxygens (including phenoxy) is 1. The van der Waals surface area contributed by atoms with Crippen molar-refractivity contribution in [2.75, 3.05) is 24.5 Å². The zero-order valence-electron chi connectivity index (χ0n) is 16.7. The van der Waals surface area contributed by atoms with Crippen LogP contribution in [0.3, 0.4) is 0 Å². The van der Waals surface area contributed by atoms with E-state index in [1.807, 2.05) is 45.0 Å². The molecular weight excluding hydrogens is 370 g/mol. The first-order valence-corrected chi connectivity index (χ1v) is 9.58. The number of rotatable bonds is 2. The minimum absolute atomic E-state index is 0.126. The van der Waals surface area contributed by atoms with Crippen molar-refractivity contribution in [3.8, 4) is 6.07 Å². The van der Waals surface area contributed by atoms with Gasteiger partial charge >= 0.3 is 12.1 Å². The molecule has 2 fully saturated rings. The zero-order valence-corrected chi connectivity index (χ0v) is 16.7. The summed E-state index contributed by atoms with van der Waals surface area (Å²) >= 11 is 0. The molecule has 8 nitrogen and oxygen atoms in total. The molecule has 0 saturated carbocycles. The lowest BCUT2D eigenvalue weighted by atomic mass is 10.1. The molecule has 8 heteroatoms. The number of carbonyl (C=O) groups excluding carboxylic acids is 2. The molecule has 29 heavy (non-hydrogen) atoms. The number of fused-ring (bicyclic) bond motifs is 1. The Labute approximate surface area is 169 Å². The van der Waals surface area contributed by atoms with E-state index in [9.17, 15) is 14.9 Å². The lowest BCUT2D eigenvalue weighted by Gasteiger charge is -2.43. The van der Waals surface area contributed by atoms with Crippen LogP contribution in [0.15, 0.2) is 36.7 Å². The third kappa shape index (κ3) is 3.44. The predicted octanol–water partition coefficient (Wildman–Crippen LogP) is 2.99. The highest BCUT2D eigenvalue weighted by Gasteiger charge is 2.47. The molecule has 1 unspecified atom stereocenters. The smallest absolute Gasteiger partial charge is 0.410 e. The molecule has 2 saturated heterocycles. The number of benzene rings is 1. The first-order chi connectivity index (χ1) is 13.8. The maximum atomic E-state index is 13.2. The molecule has 0 bridgehead atoms. The Hall–Kier alpha value is -3.34. The number of likely N-dealkylation sites (tertiary alicyclic amines) is 1. The summed E-state index contributed by atoms with van der Waals surface area (Å²) in [5.74, 6) is 0. The number of anilines is 1. The highest BCUT2D eigenvalue weighted by atomic mass is 16.6. The third-order valence-corrected chi connectivity index (χ3v) is 5.14. The maximum absolute atomic E-state index is 13.2. The molecule has 0 spiro atoms. The first kappa shape index (κ1) is 19.0. The summed E-state index contributed by atoms with van der Waals surface area (Å²) in [6.45, 7) is 6.56. The van der Waals surface area contributed by atoms with Crippen LogP contribution in [0, 0.1) is 11.3 Å². The van der Waals surface area contributed by atoms with Gasteiger partial charge in [-0.25, -0.2) is 9.59 Å². The van der Waals surface area contributed by atoms with E-state index in [0.29, 0.717) is 25.3 Å². The molecule has 1 atom stereocenters. The minimum atomic E-state index is -0.606. The Kier molecular flexibility index (Phi) is 4.53. The second kappa shape index (κ2) is 6.92. The van der Waals surface area contributed by atoms with E-state index in [1.54, 1.807) is 22.2 Å². The van der Waals surface area contributed by atoms with E-state index >= 15 is 0 Å². The Morgan fingerprint density at radius 1 is 1.21 bits per heavy atom. The van der Waals surface area contributed by atoms with Gasteiger partial charge < -0.3 is 14.5 Å². The predicted molar refractivity (Wildman–Crippen MR) is 107 cm³/mol. The molecular formula is C21H23N5O3. The van der Waals surface area contributed by atoms with Crippen LogP contribution in [-0.2, 0) is 4.74 Å². The van der Waals surface area contributed by atoms with Crippen LogP contribution < -0.4 is 4.90 Å². The van der Waals surface area contributed by atoms with E-state index in [-0.39, 0.29) is 18.2 Å². The standard InChI is InChI=1S/C21H23N5O3/c1-21(2,3)29-20(28)24-11-16(12-24)25-13-15(8-22)26(19(25)27)18-10-23-9-14-6-4-5-7-17(14)18/h4-7,9-10,15-16H,11-13H2,1-3H3. The fraction of sp³-hybridized carbons (Fsp3) is 0.429. The van der Waals surface area contributed by atoms with Gasteiger partial charge in [0.15, 0.2) is 0 Å². The quantitative estimate of drug-likeness (QED) is 0.782. The van der Waals surface area contributed by atoms with Gasteiger partial charge in [0.2, 0.25) is 0 Å². The van der Waals surface area contributed by atoms with Crippen molar-refractivity contribution < 1.29 is 14.3 Å². The average Bonchev–Trinajstić information content (AvgIpc) is 2.95.